The lowest BCUT2D eigenvalue weighted by Crippen LogP contribution is -2.07. The van der Waals surface area contributed by atoms with Crippen molar-refractivity contribution >= 4 is 87.5 Å². The first kappa shape index (κ1) is 29.0. The number of hydrogen-bond donors (Lipinski definition) is 0. The van der Waals surface area contributed by atoms with Gasteiger partial charge < -0.3 is 13.4 Å². The molecule has 0 aliphatic carbocycles. The van der Waals surface area contributed by atoms with Crippen LogP contribution in [0.4, 0.5) is 0 Å². The quantitative estimate of drug-likeness (QED) is 0.185. The van der Waals surface area contributed by atoms with Crippen LogP contribution in [0.25, 0.3) is 110 Å². The Balaban J connectivity index is 1.27. The van der Waals surface area contributed by atoms with Crippen LogP contribution in [-0.4, -0.2) is 14.1 Å². The monoisotopic (exact) mass is 690 g/mol. The van der Waals surface area contributed by atoms with E-state index in [1.54, 1.807) is 0 Å². The van der Waals surface area contributed by atoms with Gasteiger partial charge in [0.25, 0.3) is 0 Å². The highest BCUT2D eigenvalue weighted by molar-refractivity contribution is 6.25. The van der Waals surface area contributed by atoms with Crippen molar-refractivity contribution in [3.63, 3.8) is 0 Å². The first-order valence-corrected chi connectivity index (χ1v) is 17.9. The molecule has 0 aliphatic rings. The summed E-state index contributed by atoms with van der Waals surface area (Å²) in [6.07, 6.45) is 1.89. The molecule has 0 N–H and O–H groups in total. The van der Waals surface area contributed by atoms with Crippen molar-refractivity contribution in [2.24, 2.45) is 0 Å². The molecule has 0 unspecified atom stereocenters. The first-order valence-electron chi connectivity index (χ1n) is 17.9. The third kappa shape index (κ3) is 3.79. The fourth-order valence-corrected chi connectivity index (χ4v) is 8.72. The van der Waals surface area contributed by atoms with E-state index in [4.69, 9.17) is 13.8 Å². The lowest BCUT2D eigenvalue weighted by Gasteiger charge is -2.19. The molecule has 0 aliphatic heterocycles. The van der Waals surface area contributed by atoms with Crippen molar-refractivity contribution in [3.05, 3.63) is 163 Å². The maximum Gasteiger partial charge on any atom is 0.162 e. The van der Waals surface area contributed by atoms with Gasteiger partial charge in [-0.05, 0) is 72.3 Å². The van der Waals surface area contributed by atoms with Crippen LogP contribution in [-0.2, 0) is 0 Å². The average molecular weight is 691 g/mol. The van der Waals surface area contributed by atoms with Gasteiger partial charge in [-0.2, -0.15) is 5.26 Å². The van der Waals surface area contributed by atoms with E-state index in [1.165, 1.54) is 0 Å². The molecule has 0 amide bonds. The summed E-state index contributed by atoms with van der Waals surface area (Å²) in [4.78, 5) is 5.27. The van der Waals surface area contributed by atoms with Crippen molar-refractivity contribution < 1.29 is 8.83 Å². The molecule has 0 spiro atoms. The number of benzene rings is 7. The molecule has 0 fully saturated rings. The smallest absolute Gasteiger partial charge is 0.162 e. The van der Waals surface area contributed by atoms with Crippen LogP contribution < -0.4 is 0 Å². The minimum absolute atomic E-state index is 0.607. The van der Waals surface area contributed by atoms with E-state index >= 15 is 0 Å². The predicted molar refractivity (Wildman–Crippen MR) is 218 cm³/mol. The average Bonchev–Trinajstić information content (AvgIpc) is 3.98. The van der Waals surface area contributed by atoms with Crippen LogP contribution in [0.5, 0.6) is 0 Å². The number of nitriles is 1. The third-order valence-electron chi connectivity index (χ3n) is 11.0. The number of fused-ring (bicyclic) bond motifs is 14. The summed E-state index contributed by atoms with van der Waals surface area (Å²) < 4.78 is 17.9. The van der Waals surface area contributed by atoms with Crippen LogP contribution in [0.15, 0.2) is 167 Å². The zero-order valence-electron chi connectivity index (χ0n) is 28.6. The molecular formula is C48H26N4O2. The number of furan rings is 2. The maximum absolute atomic E-state index is 9.69. The zero-order chi connectivity index (χ0) is 35.5. The Morgan fingerprint density at radius 2 is 0.981 bits per heavy atom. The molecule has 0 bridgehead atoms. The van der Waals surface area contributed by atoms with Crippen molar-refractivity contribution in [3.8, 4) is 28.7 Å². The predicted octanol–water partition coefficient (Wildman–Crippen LogP) is 12.6. The molecule has 0 atom stereocenters. The highest BCUT2D eigenvalue weighted by Crippen LogP contribution is 2.46. The maximum atomic E-state index is 9.69. The van der Waals surface area contributed by atoms with Crippen molar-refractivity contribution in [2.45, 2.75) is 0 Å². The molecular weight excluding hydrogens is 665 g/mol. The normalized spacial score (nSPS) is 12.1. The summed E-state index contributed by atoms with van der Waals surface area (Å²) in [6, 6.07) is 54.4. The molecule has 0 saturated carbocycles. The van der Waals surface area contributed by atoms with Gasteiger partial charge in [-0.25, -0.2) is 4.98 Å². The largest absolute Gasteiger partial charge is 0.455 e. The zero-order valence-corrected chi connectivity index (χ0v) is 28.6. The third-order valence-corrected chi connectivity index (χ3v) is 11.0. The topological polar surface area (TPSA) is 72.8 Å². The second-order valence-corrected chi connectivity index (χ2v) is 13.8. The van der Waals surface area contributed by atoms with Gasteiger partial charge in [0, 0.05) is 44.1 Å². The molecule has 6 nitrogen and oxygen atoms in total. The molecule has 5 aromatic heterocycles. The standard InChI is InChI=1S/C48H26N4O2/c49-27-28-17-19-29(20-18-28)30-25-26-50-48(52-38-14-6-2-12-36(38)44-40(52)24-22-34-32-10-4-8-16-42(32)54-47(34)44)45(30)51-37-13-5-1-11-35(37)43-39(51)23-21-33-31-9-3-7-15-41(31)53-46(33)43/h1-26H. The summed E-state index contributed by atoms with van der Waals surface area (Å²) in [7, 11) is 0. The van der Waals surface area contributed by atoms with Crippen LogP contribution in [0.3, 0.4) is 0 Å². The van der Waals surface area contributed by atoms with E-state index in [0.717, 1.165) is 110 Å². The van der Waals surface area contributed by atoms with Crippen LogP contribution in [0.2, 0.25) is 0 Å². The van der Waals surface area contributed by atoms with Gasteiger partial charge in [-0.1, -0.05) is 84.9 Å². The Morgan fingerprint density at radius 1 is 0.463 bits per heavy atom. The molecule has 6 heteroatoms. The van der Waals surface area contributed by atoms with E-state index in [-0.39, 0.29) is 0 Å². The second-order valence-electron chi connectivity index (χ2n) is 13.8. The Kier molecular flexibility index (Phi) is 5.75. The van der Waals surface area contributed by atoms with Crippen LogP contribution in [0.1, 0.15) is 5.56 Å². The summed E-state index contributed by atoms with van der Waals surface area (Å²) in [5.41, 5.74) is 11.0. The molecule has 12 aromatic rings. The minimum Gasteiger partial charge on any atom is -0.455 e. The fourth-order valence-electron chi connectivity index (χ4n) is 8.72. The van der Waals surface area contributed by atoms with E-state index in [2.05, 4.69) is 118 Å². The molecule has 0 radical (unpaired) electrons. The number of nitrogens with zero attached hydrogens (tertiary/aromatic N) is 4. The Labute approximate surface area is 306 Å². The van der Waals surface area contributed by atoms with E-state index < -0.39 is 0 Å². The number of aromatic nitrogens is 3. The summed E-state index contributed by atoms with van der Waals surface area (Å²) in [5.74, 6) is 0.769. The number of rotatable bonds is 3. The highest BCUT2D eigenvalue weighted by Gasteiger charge is 2.26. The molecule has 54 heavy (non-hydrogen) atoms. The van der Waals surface area contributed by atoms with E-state index in [1.807, 2.05) is 54.7 Å². The summed E-state index contributed by atoms with van der Waals surface area (Å²) in [5, 5.41) is 18.3. The SMILES string of the molecule is N#Cc1ccc(-c2ccnc(-n3c4ccccc4c4c5oc6ccccc6c5ccc43)c2-n2c3ccccc3c3c4oc5ccccc5c4ccc32)cc1. The molecule has 12 rings (SSSR count). The molecule has 7 aromatic carbocycles. The summed E-state index contributed by atoms with van der Waals surface area (Å²) >= 11 is 0. The van der Waals surface area contributed by atoms with Gasteiger partial charge in [0.2, 0.25) is 0 Å². The van der Waals surface area contributed by atoms with E-state index in [0.29, 0.717) is 5.56 Å². The first-order chi connectivity index (χ1) is 26.8. The van der Waals surface area contributed by atoms with Crippen LogP contribution >= 0.6 is 0 Å². The lowest BCUT2D eigenvalue weighted by molar-refractivity contribution is 0.672. The lowest BCUT2D eigenvalue weighted by atomic mass is 10.0. The molecule has 5 heterocycles. The molecule has 0 saturated heterocycles. The second kappa shape index (κ2) is 10.7. The number of pyridine rings is 1. The Hall–Kier alpha value is -7.62. The van der Waals surface area contributed by atoms with Crippen molar-refractivity contribution in [1.82, 2.24) is 14.1 Å². The highest BCUT2D eigenvalue weighted by atomic mass is 16.3. The van der Waals surface area contributed by atoms with Gasteiger partial charge in [0.15, 0.2) is 5.82 Å². The van der Waals surface area contributed by atoms with Crippen LogP contribution in [0, 0.1) is 11.3 Å². The Bertz CT molecular complexity index is 3570. The summed E-state index contributed by atoms with van der Waals surface area (Å²) in [6.45, 7) is 0. The van der Waals surface area contributed by atoms with Gasteiger partial charge in [0.05, 0.1) is 50.2 Å². The minimum atomic E-state index is 0.607. The van der Waals surface area contributed by atoms with Crippen molar-refractivity contribution in [2.75, 3.05) is 0 Å². The van der Waals surface area contributed by atoms with E-state index in [9.17, 15) is 5.26 Å². The van der Waals surface area contributed by atoms with Gasteiger partial charge >= 0.3 is 0 Å². The molecule has 250 valence electrons. The van der Waals surface area contributed by atoms with Crippen molar-refractivity contribution in [1.29, 1.82) is 5.26 Å². The Morgan fingerprint density at radius 3 is 1.57 bits per heavy atom. The number of hydrogen-bond acceptors (Lipinski definition) is 4. The van der Waals surface area contributed by atoms with Gasteiger partial charge in [-0.15, -0.1) is 0 Å². The number of para-hydroxylation sites is 4. The fraction of sp³-hybridized carbons (Fsp3) is 0. The van der Waals surface area contributed by atoms with Gasteiger partial charge in [0.1, 0.15) is 22.3 Å². The van der Waals surface area contributed by atoms with Gasteiger partial charge in [-0.3, -0.25) is 4.57 Å².